The van der Waals surface area contributed by atoms with E-state index in [1.807, 2.05) is 45.0 Å². The van der Waals surface area contributed by atoms with Gasteiger partial charge in [0, 0.05) is 10.0 Å². The quantitative estimate of drug-likeness (QED) is 0.830. The zero-order chi connectivity index (χ0) is 12.3. The van der Waals surface area contributed by atoms with Crippen LogP contribution in [0.4, 0.5) is 0 Å². The van der Waals surface area contributed by atoms with Gasteiger partial charge in [-0.2, -0.15) is 0 Å². The van der Waals surface area contributed by atoms with Crippen molar-refractivity contribution in [3.63, 3.8) is 0 Å². The third kappa shape index (κ3) is 4.14. The van der Waals surface area contributed by atoms with Crippen LogP contribution in [-0.2, 0) is 4.79 Å². The van der Waals surface area contributed by atoms with Crippen LogP contribution in [-0.4, -0.2) is 11.4 Å². The fourth-order valence-electron chi connectivity index (χ4n) is 1.25. The zero-order valence-corrected chi connectivity index (χ0v) is 11.9. The normalized spacial score (nSPS) is 13.3. The Hall–Kier alpha value is -0.540. The number of carbonyl (C=O) groups is 1. The van der Waals surface area contributed by atoms with Gasteiger partial charge in [-0.15, -0.1) is 11.6 Å². The van der Waals surface area contributed by atoms with Gasteiger partial charge in [0.15, 0.2) is 0 Å². The van der Waals surface area contributed by atoms with E-state index in [1.54, 1.807) is 0 Å². The van der Waals surface area contributed by atoms with E-state index in [0.717, 1.165) is 10.0 Å². The average Bonchev–Trinajstić information content (AvgIpc) is 2.14. The summed E-state index contributed by atoms with van der Waals surface area (Å²) in [5.74, 6) is -0.174. The summed E-state index contributed by atoms with van der Waals surface area (Å²) in [7, 11) is 0. The molecule has 0 radical (unpaired) electrons. The Bertz CT molecular complexity index is 387. The maximum absolute atomic E-state index is 11.8. The van der Waals surface area contributed by atoms with E-state index >= 15 is 0 Å². The lowest BCUT2D eigenvalue weighted by molar-refractivity contribution is -0.122. The lowest BCUT2D eigenvalue weighted by atomic mass is 10.1. The number of hydrogen-bond donors (Lipinski definition) is 1. The fourth-order valence-corrected chi connectivity index (χ4v) is 1.86. The van der Waals surface area contributed by atoms with Gasteiger partial charge in [0.25, 0.3) is 0 Å². The van der Waals surface area contributed by atoms with Crippen molar-refractivity contribution in [2.75, 3.05) is 0 Å². The number of carbonyl (C=O) groups excluding carboxylic acids is 1. The van der Waals surface area contributed by atoms with E-state index in [1.165, 1.54) is 0 Å². The Labute approximate surface area is 110 Å². The van der Waals surface area contributed by atoms with Gasteiger partial charge in [-0.1, -0.05) is 28.1 Å². The summed E-state index contributed by atoms with van der Waals surface area (Å²) in [6.07, 6.45) is 0. The lowest BCUT2D eigenvalue weighted by Crippen LogP contribution is -2.42. The minimum Gasteiger partial charge on any atom is -0.350 e. The maximum Gasteiger partial charge on any atom is 0.243 e. The molecule has 0 saturated carbocycles. The third-order valence-electron chi connectivity index (χ3n) is 1.87. The van der Waals surface area contributed by atoms with Crippen LogP contribution in [0.2, 0.25) is 0 Å². The Morgan fingerprint density at radius 2 is 2.06 bits per heavy atom. The van der Waals surface area contributed by atoms with Crippen molar-refractivity contribution in [2.24, 2.45) is 0 Å². The number of halogens is 2. The van der Waals surface area contributed by atoms with Gasteiger partial charge in [0.2, 0.25) is 5.91 Å². The summed E-state index contributed by atoms with van der Waals surface area (Å²) in [6, 6.07) is 7.44. The van der Waals surface area contributed by atoms with Crippen molar-refractivity contribution >= 4 is 33.4 Å². The lowest BCUT2D eigenvalue weighted by Gasteiger charge is -2.22. The van der Waals surface area contributed by atoms with Gasteiger partial charge in [0.05, 0.1) is 0 Å². The molecule has 0 fully saturated rings. The molecule has 1 aromatic carbocycles. The summed E-state index contributed by atoms with van der Waals surface area (Å²) in [4.78, 5) is 11.8. The third-order valence-corrected chi connectivity index (χ3v) is 2.81. The van der Waals surface area contributed by atoms with E-state index in [-0.39, 0.29) is 11.4 Å². The second kappa shape index (κ2) is 5.19. The van der Waals surface area contributed by atoms with Crippen LogP contribution in [0, 0.1) is 0 Å². The molecule has 4 heteroatoms. The Balaban J connectivity index is 2.78. The fraction of sp³-hybridized carbons (Fsp3) is 0.417. The van der Waals surface area contributed by atoms with Gasteiger partial charge in [-0.05, 0) is 38.5 Å². The van der Waals surface area contributed by atoms with Crippen molar-refractivity contribution in [1.29, 1.82) is 0 Å². The molecule has 1 unspecified atom stereocenters. The molecular formula is C12H15BrClNO. The van der Waals surface area contributed by atoms with Crippen molar-refractivity contribution in [3.05, 3.63) is 34.3 Å². The molecule has 0 aliphatic carbocycles. The topological polar surface area (TPSA) is 29.1 Å². The van der Waals surface area contributed by atoms with Crippen LogP contribution in [0.1, 0.15) is 31.7 Å². The average molecular weight is 305 g/mol. The molecule has 0 heterocycles. The molecule has 0 aromatic heterocycles. The van der Waals surface area contributed by atoms with E-state index in [9.17, 15) is 4.79 Å². The minimum absolute atomic E-state index is 0.174. The molecule has 1 amide bonds. The first kappa shape index (κ1) is 13.5. The number of hydrogen-bond acceptors (Lipinski definition) is 1. The predicted molar refractivity (Wildman–Crippen MR) is 70.6 cm³/mol. The number of rotatable bonds is 2. The highest BCUT2D eigenvalue weighted by Gasteiger charge is 2.22. The number of amides is 1. The van der Waals surface area contributed by atoms with Crippen LogP contribution < -0.4 is 5.32 Å². The van der Waals surface area contributed by atoms with Crippen molar-refractivity contribution in [2.45, 2.75) is 31.7 Å². The van der Waals surface area contributed by atoms with E-state index < -0.39 is 5.38 Å². The van der Waals surface area contributed by atoms with Crippen LogP contribution >= 0.6 is 27.5 Å². The highest BCUT2D eigenvalue weighted by Crippen LogP contribution is 2.24. The second-order valence-electron chi connectivity index (χ2n) is 4.66. The van der Waals surface area contributed by atoms with Crippen molar-refractivity contribution in [1.82, 2.24) is 5.32 Å². The van der Waals surface area contributed by atoms with Gasteiger partial charge in [-0.25, -0.2) is 0 Å². The first-order chi connectivity index (χ1) is 7.29. The summed E-state index contributed by atoms with van der Waals surface area (Å²) in [5, 5.41) is 2.19. The highest BCUT2D eigenvalue weighted by atomic mass is 79.9. The van der Waals surface area contributed by atoms with Crippen molar-refractivity contribution in [3.8, 4) is 0 Å². The molecular weight excluding hydrogens is 289 g/mol. The number of benzene rings is 1. The summed E-state index contributed by atoms with van der Waals surface area (Å²) >= 11 is 9.45. The number of alkyl halides is 1. The Morgan fingerprint density at radius 1 is 1.44 bits per heavy atom. The number of nitrogens with one attached hydrogen (secondary N) is 1. The van der Waals surface area contributed by atoms with Gasteiger partial charge >= 0.3 is 0 Å². The standard InChI is InChI=1S/C12H15BrClNO/c1-12(2,3)15-11(16)10(14)8-5-4-6-9(13)7-8/h4-7,10H,1-3H3,(H,15,16). The zero-order valence-electron chi connectivity index (χ0n) is 9.55. The molecule has 0 aliphatic rings. The maximum atomic E-state index is 11.8. The van der Waals surface area contributed by atoms with Crippen LogP contribution in [0.5, 0.6) is 0 Å². The monoisotopic (exact) mass is 303 g/mol. The molecule has 1 atom stereocenters. The Kier molecular flexibility index (Phi) is 4.39. The summed E-state index contributed by atoms with van der Waals surface area (Å²) in [6.45, 7) is 5.78. The Morgan fingerprint density at radius 3 is 2.56 bits per heavy atom. The molecule has 0 bridgehead atoms. The molecule has 88 valence electrons. The molecule has 1 aromatic rings. The molecule has 0 saturated heterocycles. The van der Waals surface area contributed by atoms with E-state index in [4.69, 9.17) is 11.6 Å². The molecule has 1 rings (SSSR count). The van der Waals surface area contributed by atoms with Gasteiger partial charge in [-0.3, -0.25) is 4.79 Å². The first-order valence-corrected chi connectivity index (χ1v) is 6.24. The summed E-state index contributed by atoms with van der Waals surface area (Å²) < 4.78 is 0.916. The molecule has 2 nitrogen and oxygen atoms in total. The van der Waals surface area contributed by atoms with Crippen LogP contribution in [0.15, 0.2) is 28.7 Å². The summed E-state index contributed by atoms with van der Waals surface area (Å²) in [5.41, 5.74) is 0.522. The predicted octanol–water partition coefficient (Wildman–Crippen LogP) is 3.64. The molecule has 0 aliphatic heterocycles. The molecule has 1 N–H and O–H groups in total. The van der Waals surface area contributed by atoms with E-state index in [2.05, 4.69) is 21.2 Å². The van der Waals surface area contributed by atoms with Crippen molar-refractivity contribution < 1.29 is 4.79 Å². The SMILES string of the molecule is CC(C)(C)NC(=O)C(Cl)c1cccc(Br)c1. The largest absolute Gasteiger partial charge is 0.350 e. The van der Waals surface area contributed by atoms with Gasteiger partial charge < -0.3 is 5.32 Å². The van der Waals surface area contributed by atoms with E-state index in [0.29, 0.717) is 0 Å². The molecule has 0 spiro atoms. The minimum atomic E-state index is -0.656. The van der Waals surface area contributed by atoms with Crippen LogP contribution in [0.25, 0.3) is 0 Å². The highest BCUT2D eigenvalue weighted by molar-refractivity contribution is 9.10. The molecule has 16 heavy (non-hydrogen) atoms. The smallest absolute Gasteiger partial charge is 0.243 e. The first-order valence-electron chi connectivity index (χ1n) is 5.01. The van der Waals surface area contributed by atoms with Crippen LogP contribution in [0.3, 0.4) is 0 Å². The second-order valence-corrected chi connectivity index (χ2v) is 6.01. The van der Waals surface area contributed by atoms with Gasteiger partial charge in [0.1, 0.15) is 5.38 Å².